The number of hydrogen-bond acceptors (Lipinski definition) is 2. The molecule has 0 spiro atoms. The van der Waals surface area contributed by atoms with Crippen LogP contribution in [0.3, 0.4) is 0 Å². The Hall–Kier alpha value is -0.830. The summed E-state index contributed by atoms with van der Waals surface area (Å²) in [4.78, 5) is 0. The Labute approximate surface area is 85.8 Å². The summed E-state index contributed by atoms with van der Waals surface area (Å²) in [5.41, 5.74) is 1.27. The van der Waals surface area contributed by atoms with E-state index in [1.807, 2.05) is 24.1 Å². The average Bonchev–Trinajstić information content (AvgIpc) is 2.59. The number of nitrogens with zero attached hydrogens (tertiary/aromatic N) is 2. The van der Waals surface area contributed by atoms with Crippen LogP contribution in [0, 0.1) is 5.92 Å². The van der Waals surface area contributed by atoms with Gasteiger partial charge < -0.3 is 5.11 Å². The van der Waals surface area contributed by atoms with E-state index in [2.05, 4.69) is 12.0 Å². The number of aryl methyl sites for hydroxylation is 2. The molecule has 0 aliphatic heterocycles. The molecule has 0 saturated heterocycles. The van der Waals surface area contributed by atoms with Crippen LogP contribution >= 0.6 is 0 Å². The maximum Gasteiger partial charge on any atom is 0.0521 e. The molecule has 14 heavy (non-hydrogen) atoms. The fourth-order valence-corrected chi connectivity index (χ4v) is 1.71. The second-order valence-corrected chi connectivity index (χ2v) is 3.90. The summed E-state index contributed by atoms with van der Waals surface area (Å²) in [5, 5.41) is 13.2. The topological polar surface area (TPSA) is 38.1 Å². The molecule has 3 heteroatoms. The molecule has 1 N–H and O–H groups in total. The molecule has 0 bridgehead atoms. The van der Waals surface area contributed by atoms with Crippen molar-refractivity contribution < 1.29 is 5.11 Å². The molecule has 3 nitrogen and oxygen atoms in total. The molecule has 1 aromatic heterocycles. The molecule has 80 valence electrons. The van der Waals surface area contributed by atoms with Crippen molar-refractivity contribution in [1.29, 1.82) is 0 Å². The number of aliphatic hydroxyl groups is 1. The van der Waals surface area contributed by atoms with Crippen molar-refractivity contribution in [2.24, 2.45) is 13.0 Å². The van der Waals surface area contributed by atoms with Crippen LogP contribution in [-0.2, 0) is 13.5 Å². The van der Waals surface area contributed by atoms with Crippen molar-refractivity contribution in [2.75, 3.05) is 6.61 Å². The van der Waals surface area contributed by atoms with Gasteiger partial charge in [0.15, 0.2) is 0 Å². The van der Waals surface area contributed by atoms with Gasteiger partial charge >= 0.3 is 0 Å². The molecule has 0 amide bonds. The Kier molecular flexibility index (Phi) is 4.66. The Bertz CT molecular complexity index is 258. The van der Waals surface area contributed by atoms with Crippen LogP contribution in [0.15, 0.2) is 12.4 Å². The van der Waals surface area contributed by atoms with Crippen LogP contribution < -0.4 is 0 Å². The highest BCUT2D eigenvalue weighted by Crippen LogP contribution is 2.13. The highest BCUT2D eigenvalue weighted by atomic mass is 16.3. The fraction of sp³-hybridized carbons (Fsp3) is 0.727. The van der Waals surface area contributed by atoms with E-state index in [1.54, 1.807) is 0 Å². The Morgan fingerprint density at radius 3 is 2.79 bits per heavy atom. The first-order valence-electron chi connectivity index (χ1n) is 5.34. The van der Waals surface area contributed by atoms with E-state index in [0.29, 0.717) is 12.5 Å². The molecule has 0 aliphatic rings. The van der Waals surface area contributed by atoms with Gasteiger partial charge in [0, 0.05) is 19.9 Å². The summed E-state index contributed by atoms with van der Waals surface area (Å²) in [5.74, 6) is 0.459. The maximum absolute atomic E-state index is 9.12. The van der Waals surface area contributed by atoms with Gasteiger partial charge in [0.2, 0.25) is 0 Å². The first-order chi connectivity index (χ1) is 6.76. The first-order valence-corrected chi connectivity index (χ1v) is 5.34. The van der Waals surface area contributed by atoms with E-state index in [-0.39, 0.29) is 0 Å². The normalized spacial score (nSPS) is 13.1. The molecule has 1 aromatic rings. The molecule has 0 radical (unpaired) electrons. The molecule has 1 unspecified atom stereocenters. The van der Waals surface area contributed by atoms with E-state index >= 15 is 0 Å². The molecule has 1 rings (SSSR count). The zero-order valence-corrected chi connectivity index (χ0v) is 9.11. The van der Waals surface area contributed by atoms with Gasteiger partial charge in [-0.15, -0.1) is 0 Å². The van der Waals surface area contributed by atoms with Gasteiger partial charge in [-0.3, -0.25) is 4.68 Å². The van der Waals surface area contributed by atoms with Crippen LogP contribution in [0.1, 0.15) is 31.7 Å². The number of aromatic nitrogens is 2. The third-order valence-electron chi connectivity index (χ3n) is 2.55. The predicted octanol–water partition coefficient (Wildman–Crippen LogP) is 1.76. The van der Waals surface area contributed by atoms with Crippen LogP contribution in [-0.4, -0.2) is 21.5 Å². The van der Waals surface area contributed by atoms with Gasteiger partial charge in [-0.2, -0.15) is 5.10 Å². The fourth-order valence-electron chi connectivity index (χ4n) is 1.71. The highest BCUT2D eigenvalue weighted by Gasteiger charge is 2.06. The van der Waals surface area contributed by atoms with Crippen molar-refractivity contribution in [2.45, 2.75) is 32.6 Å². The van der Waals surface area contributed by atoms with Gasteiger partial charge in [0.1, 0.15) is 0 Å². The SMILES string of the molecule is CCCC(CO)CCc1cnn(C)c1. The summed E-state index contributed by atoms with van der Waals surface area (Å²) in [6, 6.07) is 0. The molecule has 0 fully saturated rings. The van der Waals surface area contributed by atoms with Crippen molar-refractivity contribution in [1.82, 2.24) is 9.78 Å². The van der Waals surface area contributed by atoms with Crippen LogP contribution in [0.2, 0.25) is 0 Å². The summed E-state index contributed by atoms with van der Waals surface area (Å²) >= 11 is 0. The van der Waals surface area contributed by atoms with E-state index in [4.69, 9.17) is 5.11 Å². The molecular formula is C11H20N2O. The van der Waals surface area contributed by atoms with Gasteiger partial charge in [-0.1, -0.05) is 13.3 Å². The largest absolute Gasteiger partial charge is 0.396 e. The number of rotatable bonds is 6. The first kappa shape index (κ1) is 11.2. The quantitative estimate of drug-likeness (QED) is 0.753. The van der Waals surface area contributed by atoms with E-state index in [9.17, 15) is 0 Å². The average molecular weight is 196 g/mol. The van der Waals surface area contributed by atoms with Gasteiger partial charge in [0.25, 0.3) is 0 Å². The zero-order valence-electron chi connectivity index (χ0n) is 9.11. The third kappa shape index (κ3) is 3.50. The third-order valence-corrected chi connectivity index (χ3v) is 2.55. The minimum Gasteiger partial charge on any atom is -0.396 e. The lowest BCUT2D eigenvalue weighted by Gasteiger charge is -2.11. The predicted molar refractivity (Wildman–Crippen MR) is 57.0 cm³/mol. The van der Waals surface area contributed by atoms with Gasteiger partial charge in [-0.25, -0.2) is 0 Å². The summed E-state index contributed by atoms with van der Waals surface area (Å²) in [6.07, 6.45) is 8.31. The Morgan fingerprint density at radius 2 is 2.29 bits per heavy atom. The van der Waals surface area contributed by atoms with E-state index in [1.165, 1.54) is 5.56 Å². The minimum atomic E-state index is 0.314. The molecule has 1 atom stereocenters. The smallest absolute Gasteiger partial charge is 0.0521 e. The molecular weight excluding hydrogens is 176 g/mol. The van der Waals surface area contributed by atoms with Crippen molar-refractivity contribution in [3.05, 3.63) is 18.0 Å². The Balaban J connectivity index is 2.31. The van der Waals surface area contributed by atoms with E-state index < -0.39 is 0 Å². The molecule has 0 aliphatic carbocycles. The van der Waals surface area contributed by atoms with Crippen molar-refractivity contribution in [3.8, 4) is 0 Å². The number of hydrogen-bond donors (Lipinski definition) is 1. The molecule has 0 saturated carbocycles. The van der Waals surface area contributed by atoms with Crippen LogP contribution in [0.4, 0.5) is 0 Å². The summed E-state index contributed by atoms with van der Waals surface area (Å²) in [7, 11) is 1.93. The van der Waals surface area contributed by atoms with Crippen LogP contribution in [0.25, 0.3) is 0 Å². The second-order valence-electron chi connectivity index (χ2n) is 3.90. The van der Waals surface area contributed by atoms with Crippen molar-refractivity contribution in [3.63, 3.8) is 0 Å². The van der Waals surface area contributed by atoms with Gasteiger partial charge in [0.05, 0.1) is 6.20 Å². The zero-order chi connectivity index (χ0) is 10.4. The maximum atomic E-state index is 9.12. The summed E-state index contributed by atoms with van der Waals surface area (Å²) in [6.45, 7) is 2.47. The highest BCUT2D eigenvalue weighted by molar-refractivity contribution is 5.03. The monoisotopic (exact) mass is 196 g/mol. The molecule has 1 heterocycles. The van der Waals surface area contributed by atoms with E-state index in [0.717, 1.165) is 25.7 Å². The van der Waals surface area contributed by atoms with Gasteiger partial charge in [-0.05, 0) is 30.7 Å². The lowest BCUT2D eigenvalue weighted by molar-refractivity contribution is 0.210. The van der Waals surface area contributed by atoms with Crippen LogP contribution in [0.5, 0.6) is 0 Å². The lowest BCUT2D eigenvalue weighted by atomic mass is 9.97. The minimum absolute atomic E-state index is 0.314. The number of aliphatic hydroxyl groups excluding tert-OH is 1. The second kappa shape index (κ2) is 5.81. The Morgan fingerprint density at radius 1 is 1.50 bits per heavy atom. The molecule has 0 aromatic carbocycles. The standard InChI is InChI=1S/C11H20N2O/c1-3-4-10(9-14)5-6-11-7-12-13(2)8-11/h7-8,10,14H,3-6,9H2,1-2H3. The lowest BCUT2D eigenvalue weighted by Crippen LogP contribution is -2.06. The summed E-state index contributed by atoms with van der Waals surface area (Å²) < 4.78 is 1.82. The van der Waals surface area contributed by atoms with Crippen molar-refractivity contribution >= 4 is 0 Å².